The van der Waals surface area contributed by atoms with Crippen molar-refractivity contribution in [1.29, 1.82) is 0 Å². The van der Waals surface area contributed by atoms with Crippen LogP contribution in [-0.2, 0) is 0 Å². The number of aliphatic hydroxyl groups excluding tert-OH is 1. The number of carbonyl (C=O) groups excluding carboxylic acids is 2. The number of amides is 2. The molecule has 3 aromatic carbocycles. The normalized spacial score (nSPS) is 20.6. The zero-order chi connectivity index (χ0) is 25.6. The van der Waals surface area contributed by atoms with Gasteiger partial charge in [0.25, 0.3) is 11.8 Å². The van der Waals surface area contributed by atoms with Crippen molar-refractivity contribution in [3.63, 3.8) is 0 Å². The van der Waals surface area contributed by atoms with E-state index in [1.165, 1.54) is 12.1 Å². The maximum atomic E-state index is 13.9. The average Bonchev–Trinajstić information content (AvgIpc) is 3.33. The molecule has 0 saturated carbocycles. The molecule has 3 atom stereocenters. The third kappa shape index (κ3) is 4.03. The molecule has 3 aromatic rings. The van der Waals surface area contributed by atoms with Gasteiger partial charge in [0.2, 0.25) is 0 Å². The summed E-state index contributed by atoms with van der Waals surface area (Å²) in [7, 11) is 5.43. The monoisotopic (exact) mass is 487 g/mol. The molecule has 0 spiro atoms. The highest BCUT2D eigenvalue weighted by molar-refractivity contribution is 5.96. The number of hydrogen-bond acceptors (Lipinski definition) is 4. The summed E-state index contributed by atoms with van der Waals surface area (Å²) in [5.74, 6) is -0.675. The molecule has 0 aromatic heterocycles. The lowest BCUT2D eigenvalue weighted by molar-refractivity contribution is 0.0693. The van der Waals surface area contributed by atoms with E-state index >= 15 is 0 Å². The molecule has 0 radical (unpaired) electrons. The molecule has 6 nitrogen and oxygen atoms in total. The Morgan fingerprint density at radius 1 is 1.00 bits per heavy atom. The molecule has 1 saturated heterocycles. The fourth-order valence-electron chi connectivity index (χ4n) is 5.74. The van der Waals surface area contributed by atoms with E-state index in [-0.39, 0.29) is 36.4 Å². The minimum atomic E-state index is -0.442. The molecule has 1 N–H and O–H groups in total. The summed E-state index contributed by atoms with van der Waals surface area (Å²) in [6.45, 7) is 0.515. The first-order valence-electron chi connectivity index (χ1n) is 12.2. The van der Waals surface area contributed by atoms with Gasteiger partial charge in [-0.05, 0) is 65.6 Å². The fourth-order valence-corrected chi connectivity index (χ4v) is 5.74. The van der Waals surface area contributed by atoms with Crippen molar-refractivity contribution in [3.05, 3.63) is 89.2 Å². The van der Waals surface area contributed by atoms with Gasteiger partial charge in [0.15, 0.2) is 0 Å². The first-order valence-corrected chi connectivity index (χ1v) is 12.2. The first kappa shape index (κ1) is 24.0. The molecule has 7 heteroatoms. The van der Waals surface area contributed by atoms with Gasteiger partial charge < -0.3 is 19.8 Å². The Labute approximate surface area is 210 Å². The zero-order valence-electron chi connectivity index (χ0n) is 20.7. The maximum Gasteiger partial charge on any atom is 0.254 e. The second kappa shape index (κ2) is 9.39. The van der Waals surface area contributed by atoms with Crippen molar-refractivity contribution < 1.29 is 19.1 Å². The number of hydrogen-bond donors (Lipinski definition) is 1. The van der Waals surface area contributed by atoms with Crippen molar-refractivity contribution in [2.45, 2.75) is 18.5 Å². The van der Waals surface area contributed by atoms with E-state index in [0.717, 1.165) is 28.8 Å². The van der Waals surface area contributed by atoms with Crippen molar-refractivity contribution in [1.82, 2.24) is 9.80 Å². The van der Waals surface area contributed by atoms with Gasteiger partial charge in [-0.2, -0.15) is 0 Å². The molecule has 2 aliphatic rings. The lowest BCUT2D eigenvalue weighted by atomic mass is 9.81. The number of benzene rings is 3. The van der Waals surface area contributed by atoms with Crippen LogP contribution in [0.25, 0.3) is 11.1 Å². The molecule has 0 bridgehead atoms. The molecule has 186 valence electrons. The SMILES string of the molecule is CN(C)C(=O)c1cccc(-c2ccc3c(c2)[C@H]2[C@H](CCN2C(=O)c2cccc(F)c2)[C@@H](CO)N3C)c1. The van der Waals surface area contributed by atoms with Gasteiger partial charge in [0, 0.05) is 50.4 Å². The summed E-state index contributed by atoms with van der Waals surface area (Å²) in [6, 6.07) is 19.1. The second-order valence-corrected chi connectivity index (χ2v) is 9.82. The van der Waals surface area contributed by atoms with E-state index < -0.39 is 5.82 Å². The fraction of sp³-hybridized carbons (Fsp3) is 0.310. The number of anilines is 1. The number of rotatable bonds is 4. The number of fused-ring (bicyclic) bond motifs is 3. The van der Waals surface area contributed by atoms with Crippen LogP contribution in [-0.4, -0.2) is 67.1 Å². The highest BCUT2D eigenvalue weighted by Crippen LogP contribution is 2.49. The Morgan fingerprint density at radius 3 is 2.44 bits per heavy atom. The Kier molecular flexibility index (Phi) is 6.26. The summed E-state index contributed by atoms with van der Waals surface area (Å²) in [4.78, 5) is 31.5. The van der Waals surface area contributed by atoms with Crippen LogP contribution in [0.4, 0.5) is 10.1 Å². The quantitative estimate of drug-likeness (QED) is 0.599. The number of nitrogens with zero attached hydrogens (tertiary/aromatic N) is 3. The number of likely N-dealkylation sites (tertiary alicyclic amines) is 1. The molecule has 0 aliphatic carbocycles. The van der Waals surface area contributed by atoms with Crippen LogP contribution in [0.1, 0.15) is 38.7 Å². The van der Waals surface area contributed by atoms with E-state index in [1.54, 1.807) is 37.2 Å². The van der Waals surface area contributed by atoms with Gasteiger partial charge in [0.1, 0.15) is 5.82 Å². The minimum Gasteiger partial charge on any atom is -0.394 e. The highest BCUT2D eigenvalue weighted by Gasteiger charge is 2.47. The van der Waals surface area contributed by atoms with Crippen molar-refractivity contribution in [3.8, 4) is 11.1 Å². The molecule has 0 unspecified atom stereocenters. The molecule has 2 aliphatic heterocycles. The third-order valence-corrected chi connectivity index (χ3v) is 7.53. The minimum absolute atomic E-state index is 0.0183. The van der Waals surface area contributed by atoms with Gasteiger partial charge in [-0.25, -0.2) is 4.39 Å². The molecule has 36 heavy (non-hydrogen) atoms. The van der Waals surface area contributed by atoms with Crippen LogP contribution in [0.5, 0.6) is 0 Å². The molecular formula is C29H30FN3O3. The van der Waals surface area contributed by atoms with Crippen LogP contribution in [0, 0.1) is 11.7 Å². The Balaban J connectivity index is 1.59. The van der Waals surface area contributed by atoms with E-state index in [2.05, 4.69) is 11.0 Å². The summed E-state index contributed by atoms with van der Waals surface area (Å²) >= 11 is 0. The maximum absolute atomic E-state index is 13.9. The van der Waals surface area contributed by atoms with Gasteiger partial charge in [-0.1, -0.05) is 24.3 Å². The van der Waals surface area contributed by atoms with Crippen LogP contribution in [0.15, 0.2) is 66.7 Å². The largest absolute Gasteiger partial charge is 0.394 e. The highest BCUT2D eigenvalue weighted by atomic mass is 19.1. The van der Waals surface area contributed by atoms with Gasteiger partial charge in [-0.3, -0.25) is 9.59 Å². The average molecular weight is 488 g/mol. The summed E-state index contributed by atoms with van der Waals surface area (Å²) < 4.78 is 13.9. The Hall–Kier alpha value is -3.71. The predicted molar refractivity (Wildman–Crippen MR) is 137 cm³/mol. The van der Waals surface area contributed by atoms with Gasteiger partial charge in [0.05, 0.1) is 18.7 Å². The molecule has 5 rings (SSSR count). The summed E-state index contributed by atoms with van der Waals surface area (Å²) in [5, 5.41) is 10.2. The van der Waals surface area contributed by atoms with E-state index in [1.807, 2.05) is 42.3 Å². The topological polar surface area (TPSA) is 64.1 Å². The van der Waals surface area contributed by atoms with E-state index in [4.69, 9.17) is 0 Å². The molecular weight excluding hydrogens is 457 g/mol. The van der Waals surface area contributed by atoms with Crippen LogP contribution < -0.4 is 4.90 Å². The molecule has 2 heterocycles. The van der Waals surface area contributed by atoms with Crippen LogP contribution >= 0.6 is 0 Å². The first-order chi connectivity index (χ1) is 17.3. The zero-order valence-corrected chi connectivity index (χ0v) is 20.7. The lowest BCUT2D eigenvalue weighted by Gasteiger charge is -2.44. The third-order valence-electron chi connectivity index (χ3n) is 7.53. The molecule has 1 fully saturated rings. The smallest absolute Gasteiger partial charge is 0.254 e. The van der Waals surface area contributed by atoms with E-state index in [9.17, 15) is 19.1 Å². The van der Waals surface area contributed by atoms with Crippen LogP contribution in [0.3, 0.4) is 0 Å². The van der Waals surface area contributed by atoms with Crippen LogP contribution in [0.2, 0.25) is 0 Å². The predicted octanol–water partition coefficient (Wildman–Crippen LogP) is 4.21. The number of carbonyl (C=O) groups is 2. The number of aliphatic hydroxyl groups is 1. The number of likely N-dealkylation sites (N-methyl/N-ethyl adjacent to an activating group) is 1. The van der Waals surface area contributed by atoms with Crippen molar-refractivity contribution in [2.24, 2.45) is 5.92 Å². The van der Waals surface area contributed by atoms with Crippen molar-refractivity contribution in [2.75, 3.05) is 39.2 Å². The van der Waals surface area contributed by atoms with Crippen molar-refractivity contribution >= 4 is 17.5 Å². The van der Waals surface area contributed by atoms with Gasteiger partial charge in [-0.15, -0.1) is 0 Å². The molecule has 2 amide bonds. The lowest BCUT2D eigenvalue weighted by Crippen LogP contribution is -2.48. The number of halogens is 1. The second-order valence-electron chi connectivity index (χ2n) is 9.82. The Morgan fingerprint density at radius 2 is 1.72 bits per heavy atom. The van der Waals surface area contributed by atoms with E-state index in [0.29, 0.717) is 17.7 Å². The summed E-state index contributed by atoms with van der Waals surface area (Å²) in [5.41, 5.74) is 4.74. The van der Waals surface area contributed by atoms with Gasteiger partial charge >= 0.3 is 0 Å². The Bertz CT molecular complexity index is 1320. The standard InChI is InChI=1S/C29H30FN3O3/c1-31(2)28(35)20-7-4-6-18(14-20)19-10-11-25-24(16-19)27-23(26(17-34)32(25)3)12-13-33(27)29(36)21-8-5-9-22(30)15-21/h4-11,14-16,23,26-27,34H,12-13,17H2,1-3H3/t23-,26-,27-/m1/s1. The summed E-state index contributed by atoms with van der Waals surface area (Å²) in [6.07, 6.45) is 0.748.